The van der Waals surface area contributed by atoms with E-state index >= 15 is 0 Å². The molecule has 0 spiro atoms. The zero-order valence-corrected chi connectivity index (χ0v) is 26.8. The lowest BCUT2D eigenvalue weighted by Gasteiger charge is -2.43. The van der Waals surface area contributed by atoms with Crippen LogP contribution in [0.4, 0.5) is 0 Å². The zero-order chi connectivity index (χ0) is 30.6. The van der Waals surface area contributed by atoms with Crippen LogP contribution < -0.4 is 4.74 Å². The summed E-state index contributed by atoms with van der Waals surface area (Å²) in [5, 5.41) is 29.8. The van der Waals surface area contributed by atoms with E-state index in [1.165, 1.54) is 17.6 Å². The fourth-order valence-corrected chi connectivity index (χ4v) is 7.48. The molecule has 1 aromatic carbocycles. The first-order chi connectivity index (χ1) is 20.0. The molecule has 2 fully saturated rings. The summed E-state index contributed by atoms with van der Waals surface area (Å²) in [6, 6.07) is 3.68. The number of nitrogens with zero attached hydrogens (tertiary/aromatic N) is 1. The quantitative estimate of drug-likeness (QED) is 0.0820. The van der Waals surface area contributed by atoms with Crippen molar-refractivity contribution in [2.75, 3.05) is 13.7 Å². The summed E-state index contributed by atoms with van der Waals surface area (Å²) in [5.74, 6) is -1.75. The van der Waals surface area contributed by atoms with Crippen molar-refractivity contribution >= 4 is 53.6 Å². The molecule has 1 aromatic rings. The highest BCUT2D eigenvalue weighted by molar-refractivity contribution is 14.1. The highest BCUT2D eigenvalue weighted by Crippen LogP contribution is 2.51. The number of hydrogen-bond donors (Lipinski definition) is 3. The van der Waals surface area contributed by atoms with Crippen molar-refractivity contribution in [1.29, 1.82) is 0 Å². The third-order valence-electron chi connectivity index (χ3n) is 8.71. The molecule has 0 unspecified atom stereocenters. The van der Waals surface area contributed by atoms with Crippen molar-refractivity contribution in [3.63, 3.8) is 0 Å². The summed E-state index contributed by atoms with van der Waals surface area (Å²) >= 11 is 2.08. The highest BCUT2D eigenvalue weighted by atomic mass is 127. The number of imide groups is 1. The summed E-state index contributed by atoms with van der Waals surface area (Å²) in [6.45, 7) is 4.45. The third-order valence-corrected chi connectivity index (χ3v) is 9.53. The van der Waals surface area contributed by atoms with E-state index < -0.39 is 24.9 Å². The van der Waals surface area contributed by atoms with Gasteiger partial charge in [0.1, 0.15) is 0 Å². The average molecular weight is 693 g/mol. The Morgan fingerprint density at radius 3 is 2.64 bits per heavy atom. The first-order valence-electron chi connectivity index (χ1n) is 14.9. The molecule has 3 N–H and O–H groups in total. The Morgan fingerprint density at radius 1 is 1.19 bits per heavy atom. The molecule has 2 aliphatic heterocycles. The Hall–Kier alpha value is -2.38. The lowest BCUT2D eigenvalue weighted by molar-refractivity contribution is -0.141. The molecule has 9 nitrogen and oxygen atoms in total. The van der Waals surface area contributed by atoms with E-state index in [0.29, 0.717) is 60.7 Å². The number of carbonyl (C=O) groups is 3. The summed E-state index contributed by atoms with van der Waals surface area (Å²) in [7, 11) is 0.513. The molecule has 0 radical (unpaired) electrons. The lowest BCUT2D eigenvalue weighted by Crippen LogP contribution is -2.46. The predicted octanol–water partition coefficient (Wildman–Crippen LogP) is 5.43. The first kappa shape index (κ1) is 32.5. The second-order valence-corrected chi connectivity index (χ2v) is 12.8. The monoisotopic (exact) mass is 693 g/mol. The number of ether oxygens (including phenoxy) is 1. The molecule has 2 saturated heterocycles. The van der Waals surface area contributed by atoms with Crippen LogP contribution in [0.3, 0.4) is 0 Å². The number of unbranched alkanes of at least 4 members (excludes halogenated alkanes) is 2. The number of aromatic hydroxyl groups is 1. The number of phenols is 1. The van der Waals surface area contributed by atoms with E-state index in [0.717, 1.165) is 29.6 Å². The van der Waals surface area contributed by atoms with Gasteiger partial charge in [-0.05, 0) is 104 Å². The number of halogens is 1. The molecule has 1 aliphatic carbocycles. The number of aliphatic carboxylic acids is 1. The summed E-state index contributed by atoms with van der Waals surface area (Å²) in [4.78, 5) is 39.3. The van der Waals surface area contributed by atoms with Gasteiger partial charge in [-0.25, -0.2) is 0 Å². The van der Waals surface area contributed by atoms with Crippen LogP contribution in [0, 0.1) is 21.3 Å². The third kappa shape index (κ3) is 7.22. The Morgan fingerprint density at radius 2 is 1.95 bits per heavy atom. The molecule has 11 heteroatoms. The minimum Gasteiger partial charge on any atom is -0.504 e. The van der Waals surface area contributed by atoms with E-state index in [9.17, 15) is 24.5 Å². The number of hydrogen-bond acceptors (Lipinski definition) is 7. The van der Waals surface area contributed by atoms with Gasteiger partial charge in [-0.15, -0.1) is 0 Å². The Kier molecular flexibility index (Phi) is 11.2. The first-order valence-corrected chi connectivity index (χ1v) is 16.0. The SMILES string of the molecule is CCCC1=C2[C@@H](CC/C(C)=C/c3cc(I)c(O)c(OC)c3)OB(O)C[C@@H]2[C@@H]2C(=O)N(CCCCCC(=O)O)C(=O)[C@@H]2C1. The van der Waals surface area contributed by atoms with Crippen molar-refractivity contribution in [3.8, 4) is 11.5 Å². The molecule has 2 amide bonds. The molecule has 2 heterocycles. The number of benzene rings is 1. The van der Waals surface area contributed by atoms with Gasteiger partial charge in [-0.2, -0.15) is 0 Å². The summed E-state index contributed by atoms with van der Waals surface area (Å²) < 4.78 is 12.1. The number of rotatable bonds is 13. The van der Waals surface area contributed by atoms with Crippen molar-refractivity contribution in [3.05, 3.63) is 38.0 Å². The topological polar surface area (TPSA) is 134 Å². The number of carbonyl (C=O) groups excluding carboxylic acids is 2. The van der Waals surface area contributed by atoms with E-state index in [1.807, 2.05) is 19.1 Å². The highest BCUT2D eigenvalue weighted by Gasteiger charge is 2.56. The van der Waals surface area contributed by atoms with Gasteiger partial charge >= 0.3 is 13.1 Å². The van der Waals surface area contributed by atoms with Gasteiger partial charge in [-0.1, -0.05) is 37.0 Å². The number of fused-ring (bicyclic) bond motifs is 3. The van der Waals surface area contributed by atoms with E-state index in [2.05, 4.69) is 29.5 Å². The van der Waals surface area contributed by atoms with Gasteiger partial charge < -0.3 is 24.6 Å². The van der Waals surface area contributed by atoms with Gasteiger partial charge in [0, 0.05) is 13.0 Å². The average Bonchev–Trinajstić information content (AvgIpc) is 3.17. The number of phenolic OH excluding ortho intramolecular Hbond substituents is 1. The summed E-state index contributed by atoms with van der Waals surface area (Å²) in [5.41, 5.74) is 4.30. The normalized spacial score (nSPS) is 24.3. The Bertz CT molecular complexity index is 1260. The van der Waals surface area contributed by atoms with Gasteiger partial charge in [-0.3, -0.25) is 19.3 Å². The van der Waals surface area contributed by atoms with Gasteiger partial charge in [0.2, 0.25) is 11.8 Å². The molecule has 42 heavy (non-hydrogen) atoms. The fraction of sp³-hybridized carbons (Fsp3) is 0.581. The smallest absolute Gasteiger partial charge is 0.455 e. The van der Waals surface area contributed by atoms with Gasteiger partial charge in [0.15, 0.2) is 11.5 Å². The molecule has 4 atom stereocenters. The second-order valence-electron chi connectivity index (χ2n) is 11.7. The van der Waals surface area contributed by atoms with Crippen LogP contribution in [0.25, 0.3) is 6.08 Å². The second kappa shape index (κ2) is 14.4. The Balaban J connectivity index is 1.51. The number of likely N-dealkylation sites (tertiary alicyclic amines) is 1. The van der Waals surface area contributed by atoms with E-state index in [-0.39, 0.29) is 36.0 Å². The number of carboxylic acids is 1. The molecular weight excluding hydrogens is 652 g/mol. The maximum atomic E-state index is 13.7. The van der Waals surface area contributed by atoms with Gasteiger partial charge in [0.25, 0.3) is 0 Å². The Labute approximate surface area is 261 Å². The van der Waals surface area contributed by atoms with E-state index in [1.54, 1.807) is 6.07 Å². The number of allylic oxidation sites excluding steroid dienone is 2. The van der Waals surface area contributed by atoms with Crippen LogP contribution in [-0.4, -0.2) is 64.8 Å². The molecule has 0 aromatic heterocycles. The zero-order valence-electron chi connectivity index (χ0n) is 24.6. The molecular formula is C31H41BINO8. The minimum absolute atomic E-state index is 0.0826. The molecule has 0 saturated carbocycles. The van der Waals surface area contributed by atoms with Crippen LogP contribution in [0.15, 0.2) is 28.9 Å². The molecule has 228 valence electrons. The standard InChI is InChI=1S/C31H41BINO8/c1-4-8-20-16-21-28(31(39)34(30(21)38)12-7-5-6-9-26(35)36)22-17-32(40)42-24(27(20)22)11-10-18(2)13-19-14-23(33)29(37)25(15-19)41-3/h13-15,21-22,24,28,37,40H,4-12,16-17H2,1-3H3,(H,35,36)/b18-13+/t21-,22+,24-,28-/m1/s1. The fourth-order valence-electron chi connectivity index (χ4n) is 6.86. The number of amides is 2. The van der Waals surface area contributed by atoms with Crippen molar-refractivity contribution in [2.45, 2.75) is 84.1 Å². The minimum atomic E-state index is -1.01. The molecule has 3 aliphatic rings. The largest absolute Gasteiger partial charge is 0.504 e. The van der Waals surface area contributed by atoms with Crippen LogP contribution in [0.1, 0.15) is 77.2 Å². The van der Waals surface area contributed by atoms with Crippen molar-refractivity contribution < 1.29 is 39.0 Å². The van der Waals surface area contributed by atoms with Crippen LogP contribution in [-0.2, 0) is 19.0 Å². The maximum absolute atomic E-state index is 13.7. The molecule has 0 bridgehead atoms. The van der Waals surface area contributed by atoms with Crippen LogP contribution in [0.2, 0.25) is 6.32 Å². The number of carboxylic acid groups (broad SMARTS) is 1. The lowest BCUT2D eigenvalue weighted by atomic mass is 9.58. The van der Waals surface area contributed by atoms with Gasteiger partial charge in [0.05, 0.1) is 28.6 Å². The van der Waals surface area contributed by atoms with Crippen molar-refractivity contribution in [1.82, 2.24) is 4.90 Å². The van der Waals surface area contributed by atoms with Crippen LogP contribution in [0.5, 0.6) is 11.5 Å². The maximum Gasteiger partial charge on any atom is 0.455 e. The number of methoxy groups -OCH3 is 1. The molecule has 4 rings (SSSR count). The van der Waals surface area contributed by atoms with Crippen molar-refractivity contribution in [2.24, 2.45) is 17.8 Å². The van der Waals surface area contributed by atoms with E-state index in [4.69, 9.17) is 14.5 Å². The predicted molar refractivity (Wildman–Crippen MR) is 168 cm³/mol. The summed E-state index contributed by atoms with van der Waals surface area (Å²) in [6.07, 6.45) is 7.45. The van der Waals surface area contributed by atoms with Crippen LogP contribution >= 0.6 is 22.6 Å².